The fraction of sp³-hybridized carbons (Fsp3) is 0.444. The normalized spacial score (nSPS) is 20.0. The van der Waals surface area contributed by atoms with Gasteiger partial charge in [0.05, 0.1) is 11.9 Å². The van der Waals surface area contributed by atoms with Crippen molar-refractivity contribution >= 4 is 22.8 Å². The lowest BCUT2D eigenvalue weighted by atomic mass is 9.89. The van der Waals surface area contributed by atoms with Crippen molar-refractivity contribution < 1.29 is 4.39 Å². The van der Waals surface area contributed by atoms with E-state index in [2.05, 4.69) is 67.4 Å². The van der Waals surface area contributed by atoms with Crippen molar-refractivity contribution in [3.8, 4) is 11.3 Å². The maximum atomic E-state index is 14.8. The highest BCUT2D eigenvalue weighted by atomic mass is 19.1. The zero-order chi connectivity index (χ0) is 25.7. The minimum absolute atomic E-state index is 0.150. The van der Waals surface area contributed by atoms with E-state index in [1.807, 2.05) is 30.1 Å². The molecule has 2 N–H and O–H groups in total. The van der Waals surface area contributed by atoms with Crippen molar-refractivity contribution in [2.45, 2.75) is 57.7 Å². The molecule has 0 spiro atoms. The minimum atomic E-state index is -0.513. The van der Waals surface area contributed by atoms with E-state index in [0.29, 0.717) is 29.1 Å². The number of piperazine rings is 1. The third-order valence-electron chi connectivity index (χ3n) is 7.18. The standard InChI is InChI=1S/C27H32FN9/c1-27(2,3)24-20-9-17(11-30-25(20)35-36(24)4)23-21(28)12-31-26(34-23)33-22-8-5-16(10-29-22)13-37-14-18-6-7-19(15-37)32-18/h5,8-12,18-19,32H,6-7,13-15H2,1-4H3,(H,29,31,33,34). The molecule has 0 aromatic carbocycles. The van der Waals surface area contributed by atoms with Gasteiger partial charge in [-0.1, -0.05) is 26.8 Å². The van der Waals surface area contributed by atoms with Gasteiger partial charge in [-0.3, -0.25) is 9.58 Å². The van der Waals surface area contributed by atoms with E-state index in [-0.39, 0.29) is 17.1 Å². The summed E-state index contributed by atoms with van der Waals surface area (Å²) in [6.45, 7) is 9.42. The molecule has 0 aliphatic carbocycles. The van der Waals surface area contributed by atoms with Gasteiger partial charge in [-0.2, -0.15) is 5.10 Å². The SMILES string of the molecule is Cn1nc2ncc(-c3nc(Nc4ccc(CN5CC6CCC(C5)N6)cn4)ncc3F)cc2c1C(C)(C)C. The molecule has 0 radical (unpaired) electrons. The van der Waals surface area contributed by atoms with Gasteiger partial charge in [0.15, 0.2) is 11.5 Å². The van der Waals surface area contributed by atoms with Gasteiger partial charge in [-0.25, -0.2) is 24.3 Å². The highest BCUT2D eigenvalue weighted by Gasteiger charge is 2.32. The average molecular weight is 502 g/mol. The molecule has 9 nitrogen and oxygen atoms in total. The van der Waals surface area contributed by atoms with Gasteiger partial charge in [0, 0.05) is 67.5 Å². The number of nitrogens with zero attached hydrogens (tertiary/aromatic N) is 7. The number of fused-ring (bicyclic) bond motifs is 3. The maximum Gasteiger partial charge on any atom is 0.229 e. The van der Waals surface area contributed by atoms with Gasteiger partial charge in [0.1, 0.15) is 11.5 Å². The summed E-state index contributed by atoms with van der Waals surface area (Å²) in [7, 11) is 1.90. The molecule has 4 aromatic rings. The lowest BCUT2D eigenvalue weighted by Gasteiger charge is -2.32. The van der Waals surface area contributed by atoms with Crippen molar-refractivity contribution in [3.63, 3.8) is 0 Å². The van der Waals surface area contributed by atoms with Gasteiger partial charge in [0.25, 0.3) is 0 Å². The number of pyridine rings is 2. The molecule has 2 atom stereocenters. The molecular formula is C27H32FN9. The number of hydrogen-bond acceptors (Lipinski definition) is 8. The highest BCUT2D eigenvalue weighted by molar-refractivity contribution is 5.83. The summed E-state index contributed by atoms with van der Waals surface area (Å²) in [5.74, 6) is 0.372. The third-order valence-corrected chi connectivity index (χ3v) is 7.18. The van der Waals surface area contributed by atoms with Crippen LogP contribution >= 0.6 is 0 Å². The van der Waals surface area contributed by atoms with Crippen LogP contribution < -0.4 is 10.6 Å². The Morgan fingerprint density at radius 2 is 1.84 bits per heavy atom. The molecule has 6 rings (SSSR count). The van der Waals surface area contributed by atoms with E-state index < -0.39 is 5.82 Å². The molecule has 6 heterocycles. The number of hydrogen-bond donors (Lipinski definition) is 2. The third kappa shape index (κ3) is 4.78. The highest BCUT2D eigenvalue weighted by Crippen LogP contribution is 2.32. The van der Waals surface area contributed by atoms with E-state index >= 15 is 0 Å². The van der Waals surface area contributed by atoms with Crippen molar-refractivity contribution in [1.29, 1.82) is 0 Å². The second-order valence-corrected chi connectivity index (χ2v) is 11.2. The summed E-state index contributed by atoms with van der Waals surface area (Å²) in [4.78, 5) is 20.1. The van der Waals surface area contributed by atoms with Gasteiger partial charge < -0.3 is 10.6 Å². The summed E-state index contributed by atoms with van der Waals surface area (Å²) in [6, 6.07) is 7.12. The second-order valence-electron chi connectivity index (χ2n) is 11.2. The molecule has 0 amide bonds. The van der Waals surface area contributed by atoms with E-state index in [4.69, 9.17) is 0 Å². The van der Waals surface area contributed by atoms with Gasteiger partial charge in [0.2, 0.25) is 5.95 Å². The molecule has 0 saturated carbocycles. The topological polar surface area (TPSA) is 96.7 Å². The first-order valence-electron chi connectivity index (χ1n) is 12.8. The van der Waals surface area contributed by atoms with Crippen molar-refractivity contribution in [1.82, 2.24) is 39.9 Å². The first kappa shape index (κ1) is 23.9. The van der Waals surface area contributed by atoms with E-state index in [1.54, 1.807) is 6.20 Å². The molecule has 2 saturated heterocycles. The molecule has 2 aliphatic heterocycles. The number of halogens is 1. The molecule has 2 fully saturated rings. The summed E-state index contributed by atoms with van der Waals surface area (Å²) >= 11 is 0. The van der Waals surface area contributed by atoms with Crippen LogP contribution in [0, 0.1) is 5.82 Å². The molecule has 10 heteroatoms. The Morgan fingerprint density at radius 3 is 2.54 bits per heavy atom. The zero-order valence-corrected chi connectivity index (χ0v) is 21.7. The number of anilines is 2. The molecular weight excluding hydrogens is 469 g/mol. The number of aromatic nitrogens is 6. The summed E-state index contributed by atoms with van der Waals surface area (Å²) in [5, 5.41) is 12.2. The molecule has 4 aromatic heterocycles. The number of rotatable bonds is 5. The van der Waals surface area contributed by atoms with Crippen molar-refractivity contribution in [2.24, 2.45) is 7.05 Å². The Kier molecular flexibility index (Phi) is 5.88. The zero-order valence-electron chi connectivity index (χ0n) is 21.7. The Labute approximate surface area is 215 Å². The van der Waals surface area contributed by atoms with Crippen LogP contribution in [0.1, 0.15) is 44.9 Å². The fourth-order valence-corrected chi connectivity index (χ4v) is 5.71. The fourth-order valence-electron chi connectivity index (χ4n) is 5.71. The molecule has 2 unspecified atom stereocenters. The van der Waals surface area contributed by atoms with Crippen molar-refractivity contribution in [2.75, 3.05) is 18.4 Å². The smallest absolute Gasteiger partial charge is 0.229 e. The van der Waals surface area contributed by atoms with Crippen molar-refractivity contribution in [3.05, 3.63) is 53.9 Å². The Bertz CT molecular complexity index is 1430. The predicted octanol–water partition coefficient (Wildman–Crippen LogP) is 3.94. The molecule has 192 valence electrons. The van der Waals surface area contributed by atoms with Gasteiger partial charge in [-0.15, -0.1) is 0 Å². The largest absolute Gasteiger partial charge is 0.309 e. The van der Waals surface area contributed by atoms with Crippen LogP contribution in [-0.4, -0.2) is 59.8 Å². The summed E-state index contributed by atoms with van der Waals surface area (Å²) < 4.78 is 16.7. The predicted molar refractivity (Wildman–Crippen MR) is 141 cm³/mol. The van der Waals surface area contributed by atoms with Crippen LogP contribution in [0.2, 0.25) is 0 Å². The maximum absolute atomic E-state index is 14.8. The first-order chi connectivity index (χ1) is 17.7. The van der Waals surface area contributed by atoms with Crippen LogP contribution in [0.4, 0.5) is 16.2 Å². The van der Waals surface area contributed by atoms with Crippen LogP contribution in [0.5, 0.6) is 0 Å². The van der Waals surface area contributed by atoms with E-state index in [0.717, 1.165) is 36.3 Å². The first-order valence-corrected chi connectivity index (χ1v) is 12.8. The number of nitrogens with one attached hydrogen (secondary N) is 2. The minimum Gasteiger partial charge on any atom is -0.309 e. The molecule has 2 aliphatic rings. The Balaban J connectivity index is 1.21. The van der Waals surface area contributed by atoms with Gasteiger partial charge >= 0.3 is 0 Å². The Morgan fingerprint density at radius 1 is 1.05 bits per heavy atom. The Hall–Kier alpha value is -3.50. The molecule has 37 heavy (non-hydrogen) atoms. The van der Waals surface area contributed by atoms with Crippen LogP contribution in [-0.2, 0) is 19.0 Å². The molecule has 2 bridgehead atoms. The van der Waals surface area contributed by atoms with E-state index in [1.165, 1.54) is 19.0 Å². The quantitative estimate of drug-likeness (QED) is 0.425. The van der Waals surface area contributed by atoms with Crippen LogP contribution in [0.3, 0.4) is 0 Å². The number of likely N-dealkylation sites (tertiary alicyclic amines) is 1. The average Bonchev–Trinajstić information content (AvgIpc) is 3.38. The summed E-state index contributed by atoms with van der Waals surface area (Å²) in [6.07, 6.45) is 7.20. The van der Waals surface area contributed by atoms with E-state index in [9.17, 15) is 4.39 Å². The van der Waals surface area contributed by atoms with Gasteiger partial charge in [-0.05, 0) is 30.5 Å². The second kappa shape index (κ2) is 9.11. The van der Waals surface area contributed by atoms with Crippen LogP contribution in [0.25, 0.3) is 22.3 Å². The van der Waals surface area contributed by atoms with Crippen LogP contribution in [0.15, 0.2) is 36.8 Å². The monoisotopic (exact) mass is 501 g/mol. The lowest BCUT2D eigenvalue weighted by Crippen LogP contribution is -2.50. The summed E-state index contributed by atoms with van der Waals surface area (Å²) in [5.41, 5.74) is 3.42. The lowest BCUT2D eigenvalue weighted by molar-refractivity contribution is 0.188. The number of aryl methyl sites for hydroxylation is 1.